The predicted octanol–water partition coefficient (Wildman–Crippen LogP) is 0.849. The fourth-order valence-electron chi connectivity index (χ4n) is 1.26. The third kappa shape index (κ3) is 2.14. The summed E-state index contributed by atoms with van der Waals surface area (Å²) in [5.41, 5.74) is 0.255. The second-order valence-electron chi connectivity index (χ2n) is 3.16. The van der Waals surface area contributed by atoms with Crippen molar-refractivity contribution in [3.05, 3.63) is 34.6 Å². The third-order valence-corrected chi connectivity index (χ3v) is 2.30. The molecule has 0 bridgehead atoms. The molecule has 0 atom stereocenters. The molecule has 16 heavy (non-hydrogen) atoms. The van der Waals surface area contributed by atoms with Gasteiger partial charge in [-0.05, 0) is 28.6 Å². The van der Waals surface area contributed by atoms with Crippen LogP contribution in [0.3, 0.4) is 0 Å². The van der Waals surface area contributed by atoms with E-state index in [4.69, 9.17) is 16.4 Å². The summed E-state index contributed by atoms with van der Waals surface area (Å²) in [5, 5.41) is 8.03. The Morgan fingerprint density at radius 1 is 1.38 bits per heavy atom. The van der Waals surface area contributed by atoms with Gasteiger partial charge < -0.3 is 4.84 Å². The lowest BCUT2D eigenvalue weighted by molar-refractivity contribution is 0.0677. The van der Waals surface area contributed by atoms with Gasteiger partial charge in [0.1, 0.15) is 12.1 Å². The van der Waals surface area contributed by atoms with E-state index in [0.717, 1.165) is 4.85 Å². The first-order valence-electron chi connectivity index (χ1n) is 4.87. The third-order valence-electron chi connectivity index (χ3n) is 2.03. The van der Waals surface area contributed by atoms with Crippen molar-refractivity contribution in [2.75, 3.05) is 12.5 Å². The first kappa shape index (κ1) is 10.9. The summed E-state index contributed by atoms with van der Waals surface area (Å²) in [7, 11) is 0. The fraction of sp³-hybridized carbons (Fsp3) is 0.300. The van der Waals surface area contributed by atoms with Gasteiger partial charge >= 0.3 is 5.56 Å². The highest BCUT2D eigenvalue weighted by molar-refractivity contribution is 6.17. The Morgan fingerprint density at radius 2 is 2.19 bits per heavy atom. The monoisotopic (exact) mass is 239 g/mol. The highest BCUT2D eigenvalue weighted by atomic mass is 35.5. The highest BCUT2D eigenvalue weighted by Gasteiger charge is 2.04. The van der Waals surface area contributed by atoms with Crippen molar-refractivity contribution in [1.82, 2.24) is 15.2 Å². The lowest BCUT2D eigenvalue weighted by atomic mass is 10.2. The van der Waals surface area contributed by atoms with Crippen LogP contribution in [0.1, 0.15) is 6.42 Å². The van der Waals surface area contributed by atoms with Crippen molar-refractivity contribution in [3.8, 4) is 0 Å². The van der Waals surface area contributed by atoms with Gasteiger partial charge in [0.05, 0.1) is 5.39 Å². The van der Waals surface area contributed by atoms with E-state index in [1.807, 2.05) is 0 Å². The summed E-state index contributed by atoms with van der Waals surface area (Å²) in [6.45, 7) is 0.344. The van der Waals surface area contributed by atoms with Gasteiger partial charge in [-0.3, -0.25) is 4.79 Å². The fourth-order valence-corrected chi connectivity index (χ4v) is 1.37. The Hall–Kier alpha value is -1.62. The van der Waals surface area contributed by atoms with Crippen LogP contribution in [-0.2, 0) is 0 Å². The molecule has 0 fully saturated rings. The average Bonchev–Trinajstić information content (AvgIpc) is 2.33. The predicted molar refractivity (Wildman–Crippen MR) is 60.6 cm³/mol. The molecule has 0 N–H and O–H groups in total. The van der Waals surface area contributed by atoms with E-state index in [-0.39, 0.29) is 5.56 Å². The normalized spacial score (nSPS) is 10.6. The smallest absolute Gasteiger partial charge is 0.314 e. The van der Waals surface area contributed by atoms with Crippen LogP contribution in [0, 0.1) is 0 Å². The molecule has 1 aromatic heterocycles. The molecule has 2 aromatic rings. The molecule has 0 saturated carbocycles. The first-order chi connectivity index (χ1) is 7.83. The second kappa shape index (κ2) is 4.94. The SMILES string of the molecule is O=c1c2ccccc2nnn1OCCCCl. The van der Waals surface area contributed by atoms with Crippen LogP contribution in [0.4, 0.5) is 0 Å². The number of hydrogen-bond donors (Lipinski definition) is 0. The first-order valence-corrected chi connectivity index (χ1v) is 5.40. The molecule has 5 nitrogen and oxygen atoms in total. The maximum Gasteiger partial charge on any atom is 0.314 e. The molecule has 0 radical (unpaired) electrons. The van der Waals surface area contributed by atoms with Crippen LogP contribution in [0.5, 0.6) is 0 Å². The standard InChI is InChI=1S/C10H10ClN3O2/c11-6-3-7-16-14-10(15)8-4-1-2-5-9(8)12-13-14/h1-2,4-5H,3,6-7H2. The zero-order valence-corrected chi connectivity index (χ0v) is 9.22. The number of hydrogen-bond acceptors (Lipinski definition) is 4. The van der Waals surface area contributed by atoms with E-state index >= 15 is 0 Å². The minimum Gasteiger partial charge on any atom is -0.392 e. The number of alkyl halides is 1. The molecule has 1 aromatic carbocycles. The van der Waals surface area contributed by atoms with Gasteiger partial charge in [0.2, 0.25) is 0 Å². The van der Waals surface area contributed by atoms with E-state index < -0.39 is 0 Å². The van der Waals surface area contributed by atoms with Crippen molar-refractivity contribution >= 4 is 22.5 Å². The summed E-state index contributed by atoms with van der Waals surface area (Å²) in [5.74, 6) is 0.482. The van der Waals surface area contributed by atoms with Crippen molar-refractivity contribution in [2.45, 2.75) is 6.42 Å². The van der Waals surface area contributed by atoms with Crippen LogP contribution >= 0.6 is 11.6 Å². The van der Waals surface area contributed by atoms with Gasteiger partial charge in [0.15, 0.2) is 0 Å². The molecule has 0 aliphatic heterocycles. The van der Waals surface area contributed by atoms with Crippen molar-refractivity contribution in [3.63, 3.8) is 0 Å². The minimum absolute atomic E-state index is 0.305. The van der Waals surface area contributed by atoms with Crippen LogP contribution < -0.4 is 10.4 Å². The Balaban J connectivity index is 2.33. The Bertz CT molecular complexity index is 541. The molecule has 0 aliphatic carbocycles. The summed E-state index contributed by atoms with van der Waals surface area (Å²) in [4.78, 5) is 17.9. The van der Waals surface area contributed by atoms with Gasteiger partial charge in [-0.25, -0.2) is 0 Å². The molecule has 0 unspecified atom stereocenters. The highest BCUT2D eigenvalue weighted by Crippen LogP contribution is 2.02. The van der Waals surface area contributed by atoms with E-state index in [9.17, 15) is 4.79 Å². The van der Waals surface area contributed by atoms with E-state index in [2.05, 4.69) is 10.3 Å². The molecular weight excluding hydrogens is 230 g/mol. The molecule has 0 aliphatic rings. The van der Waals surface area contributed by atoms with Gasteiger partial charge in [-0.15, -0.1) is 16.7 Å². The summed E-state index contributed by atoms with van der Waals surface area (Å²) < 4.78 is 0. The quantitative estimate of drug-likeness (QED) is 0.586. The van der Waals surface area contributed by atoms with Gasteiger partial charge in [0, 0.05) is 5.88 Å². The van der Waals surface area contributed by atoms with Crippen LogP contribution in [0.15, 0.2) is 29.1 Å². The molecule has 0 amide bonds. The molecule has 84 valence electrons. The lowest BCUT2D eigenvalue weighted by Gasteiger charge is -2.05. The summed E-state index contributed by atoms with van der Waals surface area (Å²) in [6, 6.07) is 6.99. The van der Waals surface area contributed by atoms with Gasteiger partial charge in [0.25, 0.3) is 0 Å². The zero-order chi connectivity index (χ0) is 11.4. The Kier molecular flexibility index (Phi) is 3.36. The average molecular weight is 240 g/mol. The van der Waals surface area contributed by atoms with Crippen LogP contribution in [-0.4, -0.2) is 27.6 Å². The van der Waals surface area contributed by atoms with Crippen LogP contribution in [0.25, 0.3) is 10.9 Å². The maximum atomic E-state index is 11.8. The number of benzene rings is 1. The Labute approximate surface area is 96.5 Å². The van der Waals surface area contributed by atoms with Gasteiger partial charge in [-0.1, -0.05) is 12.1 Å². The largest absolute Gasteiger partial charge is 0.392 e. The van der Waals surface area contributed by atoms with E-state index in [0.29, 0.717) is 29.8 Å². The summed E-state index contributed by atoms with van der Waals surface area (Å²) in [6.07, 6.45) is 0.655. The number of halogens is 1. The maximum absolute atomic E-state index is 11.8. The lowest BCUT2D eigenvalue weighted by Crippen LogP contribution is -2.31. The molecular formula is C10H10ClN3O2. The van der Waals surface area contributed by atoms with Gasteiger partial charge in [-0.2, -0.15) is 0 Å². The summed E-state index contributed by atoms with van der Waals surface area (Å²) >= 11 is 5.50. The Morgan fingerprint density at radius 3 is 3.00 bits per heavy atom. The molecule has 1 heterocycles. The molecule has 2 rings (SSSR count). The van der Waals surface area contributed by atoms with E-state index in [1.54, 1.807) is 24.3 Å². The van der Waals surface area contributed by atoms with Crippen molar-refractivity contribution < 1.29 is 4.84 Å². The van der Waals surface area contributed by atoms with Crippen LogP contribution in [0.2, 0.25) is 0 Å². The molecule has 6 heteroatoms. The second-order valence-corrected chi connectivity index (χ2v) is 3.54. The zero-order valence-electron chi connectivity index (χ0n) is 8.47. The number of rotatable bonds is 4. The van der Waals surface area contributed by atoms with E-state index in [1.165, 1.54) is 0 Å². The number of fused-ring (bicyclic) bond motifs is 1. The molecule has 0 saturated heterocycles. The number of aromatic nitrogens is 3. The van der Waals surface area contributed by atoms with Crippen molar-refractivity contribution in [1.29, 1.82) is 0 Å². The van der Waals surface area contributed by atoms with Crippen molar-refractivity contribution in [2.24, 2.45) is 0 Å². The minimum atomic E-state index is -0.305. The number of nitrogens with zero attached hydrogens (tertiary/aromatic N) is 3. The molecule has 0 spiro atoms. The topological polar surface area (TPSA) is 57.0 Å².